The van der Waals surface area contributed by atoms with Crippen molar-refractivity contribution < 1.29 is 23.9 Å². The molecule has 0 unspecified atom stereocenters. The SMILES string of the molecule is O=C(O)CNC(=O)CCCN1C(=O)/C(=C/c2ccc(F)cc2)SC1=S. The summed E-state index contributed by atoms with van der Waals surface area (Å²) in [5.74, 6) is -2.12. The van der Waals surface area contributed by atoms with Crippen LogP contribution in [0.3, 0.4) is 0 Å². The van der Waals surface area contributed by atoms with Gasteiger partial charge in [0.2, 0.25) is 5.91 Å². The molecule has 2 amide bonds. The molecule has 25 heavy (non-hydrogen) atoms. The number of carbonyl (C=O) groups is 3. The van der Waals surface area contributed by atoms with Crippen LogP contribution in [0.4, 0.5) is 4.39 Å². The molecule has 1 saturated heterocycles. The molecule has 1 aromatic carbocycles. The van der Waals surface area contributed by atoms with Crippen molar-refractivity contribution in [3.63, 3.8) is 0 Å². The van der Waals surface area contributed by atoms with Crippen molar-refractivity contribution >= 4 is 52.2 Å². The number of hydrogen-bond donors (Lipinski definition) is 2. The number of aliphatic carboxylic acids is 1. The molecule has 0 saturated carbocycles. The molecule has 2 N–H and O–H groups in total. The van der Waals surface area contributed by atoms with Crippen molar-refractivity contribution in [3.8, 4) is 0 Å². The van der Waals surface area contributed by atoms with Crippen LogP contribution in [0.5, 0.6) is 0 Å². The number of nitrogens with zero attached hydrogens (tertiary/aromatic N) is 1. The molecule has 1 aliphatic heterocycles. The second-order valence-corrected chi connectivity index (χ2v) is 6.83. The van der Waals surface area contributed by atoms with Gasteiger partial charge in [-0.05, 0) is 30.2 Å². The van der Waals surface area contributed by atoms with Crippen LogP contribution in [0.25, 0.3) is 6.08 Å². The summed E-state index contributed by atoms with van der Waals surface area (Å²) in [6.45, 7) is -0.161. The molecular weight excluding hydrogens is 367 g/mol. The molecule has 6 nitrogen and oxygen atoms in total. The third kappa shape index (κ3) is 5.64. The Labute approximate surface area is 153 Å². The molecule has 9 heteroatoms. The Bertz CT molecular complexity index is 734. The maximum atomic E-state index is 12.9. The second-order valence-electron chi connectivity index (χ2n) is 5.16. The Morgan fingerprint density at radius 3 is 2.64 bits per heavy atom. The number of thioether (sulfide) groups is 1. The zero-order chi connectivity index (χ0) is 18.4. The van der Waals surface area contributed by atoms with E-state index >= 15 is 0 Å². The monoisotopic (exact) mass is 382 g/mol. The smallest absolute Gasteiger partial charge is 0.322 e. The number of halogens is 1. The van der Waals surface area contributed by atoms with E-state index in [4.69, 9.17) is 17.3 Å². The van der Waals surface area contributed by atoms with Crippen molar-refractivity contribution in [2.24, 2.45) is 0 Å². The molecule has 1 heterocycles. The number of amides is 2. The molecule has 1 aromatic rings. The fourth-order valence-electron chi connectivity index (χ4n) is 2.06. The molecule has 0 spiro atoms. The Kier molecular flexibility index (Phi) is 6.65. The van der Waals surface area contributed by atoms with Gasteiger partial charge in [-0.3, -0.25) is 19.3 Å². The first-order valence-corrected chi connectivity index (χ1v) is 8.58. The number of carboxylic acids is 1. The topological polar surface area (TPSA) is 86.7 Å². The first kappa shape index (κ1) is 19.1. The summed E-state index contributed by atoms with van der Waals surface area (Å²) in [5.41, 5.74) is 0.690. The van der Waals surface area contributed by atoms with Gasteiger partial charge in [-0.25, -0.2) is 4.39 Å². The van der Waals surface area contributed by atoms with Gasteiger partial charge in [0.25, 0.3) is 5.91 Å². The molecule has 0 radical (unpaired) electrons. The molecule has 0 aliphatic carbocycles. The van der Waals surface area contributed by atoms with Crippen molar-refractivity contribution in [2.75, 3.05) is 13.1 Å². The minimum Gasteiger partial charge on any atom is -0.480 e. The van der Waals surface area contributed by atoms with Crippen LogP contribution in [0, 0.1) is 5.82 Å². The lowest BCUT2D eigenvalue weighted by molar-refractivity contribution is -0.137. The lowest BCUT2D eigenvalue weighted by Crippen LogP contribution is -2.32. The van der Waals surface area contributed by atoms with Crippen molar-refractivity contribution in [1.29, 1.82) is 0 Å². The largest absolute Gasteiger partial charge is 0.480 e. The first-order valence-electron chi connectivity index (χ1n) is 7.36. The summed E-state index contributed by atoms with van der Waals surface area (Å²) in [4.78, 5) is 36.0. The molecule has 0 aromatic heterocycles. The number of hydrogen-bond acceptors (Lipinski definition) is 5. The van der Waals surface area contributed by atoms with E-state index in [-0.39, 0.29) is 24.7 Å². The highest BCUT2D eigenvalue weighted by molar-refractivity contribution is 8.26. The van der Waals surface area contributed by atoms with E-state index in [1.807, 2.05) is 0 Å². The van der Waals surface area contributed by atoms with Gasteiger partial charge < -0.3 is 10.4 Å². The van der Waals surface area contributed by atoms with Gasteiger partial charge in [0.1, 0.15) is 16.7 Å². The van der Waals surface area contributed by atoms with Gasteiger partial charge >= 0.3 is 5.97 Å². The van der Waals surface area contributed by atoms with Gasteiger partial charge in [0.15, 0.2) is 0 Å². The fourth-order valence-corrected chi connectivity index (χ4v) is 3.37. The number of benzene rings is 1. The Balaban J connectivity index is 1.89. The Morgan fingerprint density at radius 1 is 1.32 bits per heavy atom. The number of nitrogens with one attached hydrogen (secondary N) is 1. The first-order chi connectivity index (χ1) is 11.9. The molecule has 0 atom stereocenters. The lowest BCUT2D eigenvalue weighted by Gasteiger charge is -2.13. The highest BCUT2D eigenvalue weighted by atomic mass is 32.2. The zero-order valence-corrected chi connectivity index (χ0v) is 14.7. The maximum absolute atomic E-state index is 12.9. The van der Waals surface area contributed by atoms with Gasteiger partial charge in [-0.1, -0.05) is 36.1 Å². The molecule has 1 fully saturated rings. The third-order valence-electron chi connectivity index (χ3n) is 3.26. The molecule has 0 bridgehead atoms. The van der Waals surface area contributed by atoms with Crippen LogP contribution in [0.2, 0.25) is 0 Å². The van der Waals surface area contributed by atoms with E-state index in [0.29, 0.717) is 21.2 Å². The standard InChI is InChI=1S/C16H15FN2O4S2/c17-11-5-3-10(4-6-11)8-12-15(23)19(16(24)25-12)7-1-2-13(20)18-9-14(21)22/h3-6,8H,1-2,7,9H2,(H,18,20)(H,21,22)/b12-8-. The fraction of sp³-hybridized carbons (Fsp3) is 0.250. The number of thiocarbonyl (C=S) groups is 1. The number of carboxylic acid groups (broad SMARTS) is 1. The van der Waals surface area contributed by atoms with Crippen molar-refractivity contribution in [2.45, 2.75) is 12.8 Å². The second kappa shape index (κ2) is 8.72. The maximum Gasteiger partial charge on any atom is 0.322 e. The van der Waals surface area contributed by atoms with Gasteiger partial charge in [-0.2, -0.15) is 0 Å². The van der Waals surface area contributed by atoms with Gasteiger partial charge in [0.05, 0.1) is 4.91 Å². The van der Waals surface area contributed by atoms with Gasteiger partial charge in [-0.15, -0.1) is 0 Å². The quantitative estimate of drug-likeness (QED) is 0.554. The summed E-state index contributed by atoms with van der Waals surface area (Å²) < 4.78 is 13.3. The predicted molar refractivity (Wildman–Crippen MR) is 96.2 cm³/mol. The molecule has 1 aliphatic rings. The average Bonchev–Trinajstić information content (AvgIpc) is 2.82. The van der Waals surface area contributed by atoms with Crippen LogP contribution in [0.15, 0.2) is 29.2 Å². The van der Waals surface area contributed by atoms with Crippen molar-refractivity contribution in [3.05, 3.63) is 40.6 Å². The van der Waals surface area contributed by atoms with Crippen LogP contribution >= 0.6 is 24.0 Å². The lowest BCUT2D eigenvalue weighted by atomic mass is 10.2. The molecule has 2 rings (SSSR count). The van der Waals surface area contributed by atoms with Crippen molar-refractivity contribution in [1.82, 2.24) is 10.2 Å². The highest BCUT2D eigenvalue weighted by Crippen LogP contribution is 2.32. The summed E-state index contributed by atoms with van der Waals surface area (Å²) >= 11 is 6.34. The van der Waals surface area contributed by atoms with E-state index in [0.717, 1.165) is 11.8 Å². The highest BCUT2D eigenvalue weighted by Gasteiger charge is 2.31. The summed E-state index contributed by atoms with van der Waals surface area (Å²) in [7, 11) is 0. The van der Waals surface area contributed by atoms with Crippen LogP contribution in [-0.2, 0) is 14.4 Å². The summed E-state index contributed by atoms with van der Waals surface area (Å²) in [6.07, 6.45) is 2.10. The van der Waals surface area contributed by atoms with Gasteiger partial charge in [0, 0.05) is 13.0 Å². The van der Waals surface area contributed by atoms with Crippen LogP contribution in [0.1, 0.15) is 18.4 Å². The minimum atomic E-state index is -1.11. The van der Waals surface area contributed by atoms with E-state index in [2.05, 4.69) is 5.32 Å². The van der Waals surface area contributed by atoms with Crippen LogP contribution < -0.4 is 5.32 Å². The Hall–Kier alpha value is -2.26. The third-order valence-corrected chi connectivity index (χ3v) is 4.64. The van der Waals surface area contributed by atoms with E-state index in [1.165, 1.54) is 17.0 Å². The van der Waals surface area contributed by atoms with Crippen LogP contribution in [-0.4, -0.2) is 45.2 Å². The van der Waals surface area contributed by atoms with E-state index < -0.39 is 18.4 Å². The Morgan fingerprint density at radius 2 is 2.00 bits per heavy atom. The zero-order valence-electron chi connectivity index (χ0n) is 13.0. The molecular formula is C16H15FN2O4S2. The van der Waals surface area contributed by atoms with E-state index in [9.17, 15) is 18.8 Å². The minimum absolute atomic E-state index is 0.0986. The van der Waals surface area contributed by atoms with E-state index in [1.54, 1.807) is 18.2 Å². The summed E-state index contributed by atoms with van der Waals surface area (Å²) in [5, 5.41) is 10.7. The average molecular weight is 382 g/mol. The summed E-state index contributed by atoms with van der Waals surface area (Å²) in [6, 6.07) is 5.74. The number of rotatable bonds is 7. The number of carbonyl (C=O) groups excluding carboxylic acids is 2. The normalized spacial score (nSPS) is 15.7. The predicted octanol–water partition coefficient (Wildman–Crippen LogP) is 2.01. The molecule has 132 valence electrons.